The maximum atomic E-state index is 12.5. The highest BCUT2D eigenvalue weighted by Gasteiger charge is 2.18. The van der Waals surface area contributed by atoms with Crippen LogP contribution >= 0.6 is 0 Å². The number of fused-ring (bicyclic) bond motifs is 1. The fourth-order valence-corrected chi connectivity index (χ4v) is 2.79. The molecule has 0 fully saturated rings. The average Bonchev–Trinajstić information content (AvgIpc) is 2.70. The summed E-state index contributed by atoms with van der Waals surface area (Å²) < 4.78 is 15.6. The maximum Gasteiger partial charge on any atom is 0.339 e. The van der Waals surface area contributed by atoms with Crippen molar-refractivity contribution in [3.63, 3.8) is 0 Å². The van der Waals surface area contributed by atoms with Gasteiger partial charge in [0.15, 0.2) is 6.61 Å². The van der Waals surface area contributed by atoms with Gasteiger partial charge in [0.2, 0.25) is 5.78 Å². The fraction of sp³-hybridized carbons (Fsp3) is 0.190. The van der Waals surface area contributed by atoms with Gasteiger partial charge in [0.1, 0.15) is 11.5 Å². The largest absolute Gasteiger partial charge is 0.497 e. The van der Waals surface area contributed by atoms with Crippen molar-refractivity contribution in [1.29, 1.82) is 0 Å². The third-order valence-corrected chi connectivity index (χ3v) is 4.11. The lowest BCUT2D eigenvalue weighted by molar-refractivity contribution is 0.0475. The van der Waals surface area contributed by atoms with Crippen molar-refractivity contribution in [3.8, 4) is 11.5 Å². The molecule has 0 amide bonds. The number of carbonyl (C=O) groups excluding carboxylic acids is 2. The molecule has 0 spiro atoms. The number of benzene rings is 2. The van der Waals surface area contributed by atoms with Gasteiger partial charge in [0.05, 0.1) is 30.9 Å². The number of nitrogens with zero attached hydrogens (tertiary/aromatic N) is 1. The Labute approximate surface area is 156 Å². The Hall–Kier alpha value is -3.41. The normalized spacial score (nSPS) is 10.5. The summed E-state index contributed by atoms with van der Waals surface area (Å²) in [5, 5.41) is 0.683. The third kappa shape index (κ3) is 3.89. The molecule has 0 radical (unpaired) electrons. The molecule has 0 saturated heterocycles. The van der Waals surface area contributed by atoms with Crippen LogP contribution in [-0.2, 0) is 4.74 Å². The summed E-state index contributed by atoms with van der Waals surface area (Å²) in [6.07, 6.45) is 0. The van der Waals surface area contributed by atoms with Crippen LogP contribution in [0.15, 0.2) is 48.5 Å². The predicted molar refractivity (Wildman–Crippen MR) is 101 cm³/mol. The highest BCUT2D eigenvalue weighted by molar-refractivity contribution is 6.05. The Kier molecular flexibility index (Phi) is 5.35. The van der Waals surface area contributed by atoms with E-state index in [1.165, 1.54) is 14.2 Å². The van der Waals surface area contributed by atoms with Crippen LogP contribution in [0, 0.1) is 6.92 Å². The van der Waals surface area contributed by atoms with Gasteiger partial charge in [-0.15, -0.1) is 0 Å². The molecule has 0 bridgehead atoms. The van der Waals surface area contributed by atoms with Crippen molar-refractivity contribution in [2.75, 3.05) is 20.8 Å². The van der Waals surface area contributed by atoms with E-state index in [0.717, 1.165) is 0 Å². The Morgan fingerprint density at radius 3 is 2.48 bits per heavy atom. The quantitative estimate of drug-likeness (QED) is 0.491. The van der Waals surface area contributed by atoms with Crippen LogP contribution in [0.25, 0.3) is 10.9 Å². The molecule has 6 nitrogen and oxygen atoms in total. The first-order chi connectivity index (χ1) is 13.0. The number of aryl methyl sites for hydroxylation is 1. The lowest BCUT2D eigenvalue weighted by Gasteiger charge is -2.11. The number of pyridine rings is 1. The van der Waals surface area contributed by atoms with Crippen molar-refractivity contribution >= 4 is 22.7 Å². The van der Waals surface area contributed by atoms with Crippen LogP contribution in [0.4, 0.5) is 0 Å². The van der Waals surface area contributed by atoms with Gasteiger partial charge >= 0.3 is 5.97 Å². The van der Waals surface area contributed by atoms with Crippen LogP contribution in [0.2, 0.25) is 0 Å². The molecule has 0 atom stereocenters. The number of carbonyl (C=O) groups is 2. The number of para-hydroxylation sites is 1. The van der Waals surface area contributed by atoms with Crippen LogP contribution in [-0.4, -0.2) is 37.6 Å². The van der Waals surface area contributed by atoms with Crippen molar-refractivity contribution in [2.45, 2.75) is 6.92 Å². The number of ketones is 1. The van der Waals surface area contributed by atoms with Crippen LogP contribution in [0.5, 0.6) is 11.5 Å². The maximum absolute atomic E-state index is 12.5. The summed E-state index contributed by atoms with van der Waals surface area (Å²) in [4.78, 5) is 29.4. The molecule has 0 unspecified atom stereocenters. The van der Waals surface area contributed by atoms with E-state index in [-0.39, 0.29) is 5.78 Å². The molecular weight excluding hydrogens is 346 g/mol. The van der Waals surface area contributed by atoms with Crippen molar-refractivity contribution in [3.05, 3.63) is 65.4 Å². The third-order valence-electron chi connectivity index (χ3n) is 4.11. The van der Waals surface area contributed by atoms with E-state index in [1.54, 1.807) is 37.3 Å². The standard InChI is InChI=1S/C21H19NO5/c1-13-10-17(15-6-4-5-7-18(15)22-13)21(24)27-12-19(23)16-9-8-14(25-2)11-20(16)26-3/h4-11H,12H2,1-3H3. The van der Waals surface area contributed by atoms with Crippen molar-refractivity contribution in [1.82, 2.24) is 4.98 Å². The van der Waals surface area contributed by atoms with E-state index in [2.05, 4.69) is 4.98 Å². The highest BCUT2D eigenvalue weighted by atomic mass is 16.5. The number of methoxy groups -OCH3 is 2. The van der Waals surface area contributed by atoms with Gasteiger partial charge in [-0.1, -0.05) is 18.2 Å². The molecule has 0 aliphatic carbocycles. The molecule has 27 heavy (non-hydrogen) atoms. The number of hydrogen-bond donors (Lipinski definition) is 0. The molecule has 3 rings (SSSR count). The molecule has 0 N–H and O–H groups in total. The number of hydrogen-bond acceptors (Lipinski definition) is 6. The molecule has 6 heteroatoms. The Bertz CT molecular complexity index is 1010. The lowest BCUT2D eigenvalue weighted by atomic mass is 10.1. The molecule has 3 aromatic rings. The number of rotatable bonds is 6. The van der Waals surface area contributed by atoms with Crippen molar-refractivity contribution in [2.24, 2.45) is 0 Å². The lowest BCUT2D eigenvalue weighted by Crippen LogP contribution is -2.15. The van der Waals surface area contributed by atoms with Gasteiger partial charge in [0, 0.05) is 17.1 Å². The SMILES string of the molecule is COc1ccc(C(=O)COC(=O)c2cc(C)nc3ccccc23)c(OC)c1. The van der Waals surface area contributed by atoms with E-state index < -0.39 is 12.6 Å². The summed E-state index contributed by atoms with van der Waals surface area (Å²) in [6.45, 7) is 1.41. The molecule has 2 aromatic carbocycles. The molecule has 1 heterocycles. The van der Waals surface area contributed by atoms with E-state index in [9.17, 15) is 9.59 Å². The topological polar surface area (TPSA) is 74.7 Å². The number of Topliss-reactive ketones (excluding diaryl/α,β-unsaturated/α-hetero) is 1. The van der Waals surface area contributed by atoms with Gasteiger partial charge in [-0.05, 0) is 31.2 Å². The zero-order chi connectivity index (χ0) is 19.4. The first kappa shape index (κ1) is 18.4. The van der Waals surface area contributed by atoms with Crippen LogP contribution in [0.1, 0.15) is 26.4 Å². The second kappa shape index (κ2) is 7.86. The molecule has 0 aliphatic rings. The van der Waals surface area contributed by atoms with E-state index in [4.69, 9.17) is 14.2 Å². The van der Waals surface area contributed by atoms with E-state index in [0.29, 0.717) is 39.2 Å². The van der Waals surface area contributed by atoms with E-state index in [1.807, 2.05) is 18.2 Å². The summed E-state index contributed by atoms with van der Waals surface area (Å²) in [5.74, 6) is -0.00445. The van der Waals surface area contributed by atoms with E-state index >= 15 is 0 Å². The number of ether oxygens (including phenoxy) is 3. The minimum Gasteiger partial charge on any atom is -0.497 e. The second-order valence-electron chi connectivity index (χ2n) is 5.89. The Morgan fingerprint density at radius 1 is 0.963 bits per heavy atom. The number of aromatic nitrogens is 1. The average molecular weight is 365 g/mol. The smallest absolute Gasteiger partial charge is 0.339 e. The summed E-state index contributed by atoms with van der Waals surface area (Å²) in [5.41, 5.74) is 2.10. The molecular formula is C21H19NO5. The second-order valence-corrected chi connectivity index (χ2v) is 5.89. The van der Waals surface area contributed by atoms with Crippen LogP contribution in [0.3, 0.4) is 0 Å². The van der Waals surface area contributed by atoms with Gasteiger partial charge in [-0.2, -0.15) is 0 Å². The first-order valence-corrected chi connectivity index (χ1v) is 8.32. The zero-order valence-electron chi connectivity index (χ0n) is 15.3. The summed E-state index contributed by atoms with van der Waals surface area (Å²) in [7, 11) is 2.99. The minimum atomic E-state index is -0.572. The van der Waals surface area contributed by atoms with Crippen LogP contribution < -0.4 is 9.47 Å². The Morgan fingerprint density at radius 2 is 1.74 bits per heavy atom. The first-order valence-electron chi connectivity index (χ1n) is 8.32. The number of esters is 1. The van der Waals surface area contributed by atoms with Gasteiger partial charge in [-0.25, -0.2) is 4.79 Å². The predicted octanol–water partition coefficient (Wildman–Crippen LogP) is 3.60. The minimum absolute atomic E-state index is 0.321. The van der Waals surface area contributed by atoms with Crippen molar-refractivity contribution < 1.29 is 23.8 Å². The zero-order valence-corrected chi connectivity index (χ0v) is 15.3. The molecule has 1 aromatic heterocycles. The summed E-state index contributed by atoms with van der Waals surface area (Å²) in [6, 6.07) is 13.8. The summed E-state index contributed by atoms with van der Waals surface area (Å²) >= 11 is 0. The monoisotopic (exact) mass is 365 g/mol. The van der Waals surface area contributed by atoms with Gasteiger partial charge < -0.3 is 14.2 Å². The fourth-order valence-electron chi connectivity index (χ4n) is 2.79. The van der Waals surface area contributed by atoms with Gasteiger partial charge in [0.25, 0.3) is 0 Å². The molecule has 0 saturated carbocycles. The molecule has 0 aliphatic heterocycles. The van der Waals surface area contributed by atoms with Gasteiger partial charge in [-0.3, -0.25) is 9.78 Å². The molecule has 138 valence electrons. The Balaban J connectivity index is 1.79. The highest BCUT2D eigenvalue weighted by Crippen LogP contribution is 2.25.